The summed E-state index contributed by atoms with van der Waals surface area (Å²) >= 11 is 0. The van der Waals surface area contributed by atoms with Gasteiger partial charge in [-0.05, 0) is 37.6 Å². The molecule has 4 rings (SSSR count). The van der Waals surface area contributed by atoms with Crippen LogP contribution in [0.2, 0.25) is 0 Å². The van der Waals surface area contributed by atoms with Crippen molar-refractivity contribution in [2.75, 3.05) is 5.32 Å². The van der Waals surface area contributed by atoms with E-state index in [9.17, 15) is 9.90 Å². The Hall–Kier alpha value is -3.08. The van der Waals surface area contributed by atoms with E-state index in [0.717, 1.165) is 16.5 Å². The van der Waals surface area contributed by atoms with Crippen LogP contribution in [0.3, 0.4) is 0 Å². The van der Waals surface area contributed by atoms with Crippen LogP contribution in [0.1, 0.15) is 22.4 Å². The van der Waals surface area contributed by atoms with Crippen molar-refractivity contribution in [1.29, 1.82) is 0 Å². The number of aromatic hydroxyl groups is 1. The molecule has 1 aromatic carbocycles. The summed E-state index contributed by atoms with van der Waals surface area (Å²) in [4.78, 5) is 19.8. The number of nitrogens with one attached hydrogen (secondary N) is 2. The molecule has 0 bridgehead atoms. The molecule has 23 heavy (non-hydrogen) atoms. The minimum Gasteiger partial charge on any atom is -0.506 e. The van der Waals surface area contributed by atoms with E-state index in [4.69, 9.17) is 0 Å². The molecule has 3 aromatic rings. The first-order chi connectivity index (χ1) is 11.1. The van der Waals surface area contributed by atoms with E-state index < -0.39 is 0 Å². The summed E-state index contributed by atoms with van der Waals surface area (Å²) in [6.07, 6.45) is 3.72. The normalized spacial score (nSPS) is 15.2. The number of aromatic amines is 1. The number of hydrogen-bond donors (Lipinski definition) is 3. The van der Waals surface area contributed by atoms with Crippen molar-refractivity contribution in [3.05, 3.63) is 52.8 Å². The Labute approximate surface area is 132 Å². The SMILES string of the molecule is Cc1nc2c(c(C)c1O)C(=Cc1cccc3[nH]ccc13)C(=O)N2. The lowest BCUT2D eigenvalue weighted by molar-refractivity contribution is -0.110. The van der Waals surface area contributed by atoms with Crippen LogP contribution in [-0.2, 0) is 4.79 Å². The molecule has 3 N–H and O–H groups in total. The number of aromatic nitrogens is 2. The standard InChI is InChI=1S/C18H15N3O2/c1-9-15-13(18(23)21-17(15)20-10(2)16(9)22)8-11-4-3-5-14-12(11)6-7-19-14/h3-8,19,22H,1-2H3,(H,20,21,23). The fourth-order valence-corrected chi connectivity index (χ4v) is 3.08. The predicted octanol–water partition coefficient (Wildman–Crippen LogP) is 3.38. The zero-order valence-electron chi connectivity index (χ0n) is 12.8. The number of carbonyl (C=O) groups is 1. The third-order valence-electron chi connectivity index (χ3n) is 4.26. The van der Waals surface area contributed by atoms with E-state index in [0.29, 0.717) is 28.2 Å². The van der Waals surface area contributed by atoms with E-state index in [-0.39, 0.29) is 11.7 Å². The lowest BCUT2D eigenvalue weighted by Crippen LogP contribution is -2.04. The average Bonchev–Trinajstić information content (AvgIpc) is 3.11. The number of hydrogen-bond acceptors (Lipinski definition) is 3. The van der Waals surface area contributed by atoms with Crippen LogP contribution in [0.5, 0.6) is 5.75 Å². The molecule has 5 heteroatoms. The first-order valence-corrected chi connectivity index (χ1v) is 7.36. The molecule has 1 aliphatic heterocycles. The highest BCUT2D eigenvalue weighted by molar-refractivity contribution is 6.35. The summed E-state index contributed by atoms with van der Waals surface area (Å²) < 4.78 is 0. The third kappa shape index (κ3) is 1.93. The average molecular weight is 305 g/mol. The Kier molecular flexibility index (Phi) is 2.78. The molecule has 0 spiro atoms. The number of anilines is 1. The highest BCUT2D eigenvalue weighted by atomic mass is 16.3. The number of H-pyrrole nitrogens is 1. The Bertz CT molecular complexity index is 999. The van der Waals surface area contributed by atoms with Gasteiger partial charge in [-0.25, -0.2) is 4.98 Å². The molecule has 0 atom stereocenters. The lowest BCUT2D eigenvalue weighted by atomic mass is 9.99. The van der Waals surface area contributed by atoms with Crippen LogP contribution in [0.15, 0.2) is 30.5 Å². The maximum absolute atomic E-state index is 12.4. The molecule has 1 amide bonds. The maximum Gasteiger partial charge on any atom is 0.257 e. The van der Waals surface area contributed by atoms with Crippen LogP contribution in [0.25, 0.3) is 22.6 Å². The van der Waals surface area contributed by atoms with Crippen molar-refractivity contribution in [2.24, 2.45) is 0 Å². The number of carbonyl (C=O) groups excluding carboxylic acids is 1. The van der Waals surface area contributed by atoms with Gasteiger partial charge in [0.15, 0.2) is 0 Å². The number of aryl methyl sites for hydroxylation is 1. The van der Waals surface area contributed by atoms with Gasteiger partial charge in [0.2, 0.25) is 0 Å². The Morgan fingerprint density at radius 1 is 1.22 bits per heavy atom. The smallest absolute Gasteiger partial charge is 0.257 e. The van der Waals surface area contributed by atoms with E-state index in [1.807, 2.05) is 36.5 Å². The van der Waals surface area contributed by atoms with Crippen molar-refractivity contribution in [3.8, 4) is 5.75 Å². The zero-order valence-corrected chi connectivity index (χ0v) is 12.8. The van der Waals surface area contributed by atoms with Crippen LogP contribution in [0, 0.1) is 13.8 Å². The molecule has 114 valence electrons. The Morgan fingerprint density at radius 3 is 2.87 bits per heavy atom. The highest BCUT2D eigenvalue weighted by Crippen LogP contribution is 2.39. The van der Waals surface area contributed by atoms with Gasteiger partial charge in [0.25, 0.3) is 5.91 Å². The molecule has 0 aliphatic carbocycles. The van der Waals surface area contributed by atoms with Crippen molar-refractivity contribution in [2.45, 2.75) is 13.8 Å². The molecule has 5 nitrogen and oxygen atoms in total. The number of rotatable bonds is 1. The second kappa shape index (κ2) is 4.71. The topological polar surface area (TPSA) is 78.0 Å². The first kappa shape index (κ1) is 13.6. The maximum atomic E-state index is 12.4. The fraction of sp³-hybridized carbons (Fsp3) is 0.111. The van der Waals surface area contributed by atoms with Gasteiger partial charge in [-0.1, -0.05) is 12.1 Å². The van der Waals surface area contributed by atoms with Crippen LogP contribution < -0.4 is 5.32 Å². The van der Waals surface area contributed by atoms with E-state index >= 15 is 0 Å². The monoisotopic (exact) mass is 305 g/mol. The molecule has 1 aliphatic rings. The quantitative estimate of drug-likeness (QED) is 0.603. The first-order valence-electron chi connectivity index (χ1n) is 7.36. The molecule has 0 saturated carbocycles. The molecule has 0 fully saturated rings. The van der Waals surface area contributed by atoms with Gasteiger partial charge in [0.05, 0.1) is 11.3 Å². The summed E-state index contributed by atoms with van der Waals surface area (Å²) in [6, 6.07) is 7.87. The van der Waals surface area contributed by atoms with Crippen LogP contribution >= 0.6 is 0 Å². The number of nitrogens with zero attached hydrogens (tertiary/aromatic N) is 1. The summed E-state index contributed by atoms with van der Waals surface area (Å²) in [7, 11) is 0. The summed E-state index contributed by atoms with van der Waals surface area (Å²) in [5, 5.41) is 14.0. The summed E-state index contributed by atoms with van der Waals surface area (Å²) in [5.41, 5.74) is 4.33. The van der Waals surface area contributed by atoms with Gasteiger partial charge >= 0.3 is 0 Å². The zero-order chi connectivity index (χ0) is 16.1. The van der Waals surface area contributed by atoms with Crippen molar-refractivity contribution in [1.82, 2.24) is 9.97 Å². The molecular formula is C18H15N3O2. The number of fused-ring (bicyclic) bond motifs is 2. The minimum absolute atomic E-state index is 0.131. The Balaban J connectivity index is 1.96. The second-order valence-corrected chi connectivity index (χ2v) is 5.69. The van der Waals surface area contributed by atoms with Gasteiger partial charge in [-0.3, -0.25) is 4.79 Å². The molecule has 3 heterocycles. The molecular weight excluding hydrogens is 290 g/mol. The minimum atomic E-state index is -0.201. The second-order valence-electron chi connectivity index (χ2n) is 5.69. The van der Waals surface area contributed by atoms with E-state index in [1.165, 1.54) is 0 Å². The van der Waals surface area contributed by atoms with E-state index in [2.05, 4.69) is 15.3 Å². The molecule has 0 saturated heterocycles. The van der Waals surface area contributed by atoms with Crippen LogP contribution in [0.4, 0.5) is 5.82 Å². The fourth-order valence-electron chi connectivity index (χ4n) is 3.08. The van der Waals surface area contributed by atoms with Crippen molar-refractivity contribution >= 4 is 34.3 Å². The summed E-state index contributed by atoms with van der Waals surface area (Å²) in [5.74, 6) is 0.439. The van der Waals surface area contributed by atoms with Crippen LogP contribution in [-0.4, -0.2) is 21.0 Å². The number of amides is 1. The summed E-state index contributed by atoms with van der Waals surface area (Å²) in [6.45, 7) is 3.52. The van der Waals surface area contributed by atoms with Crippen molar-refractivity contribution in [3.63, 3.8) is 0 Å². The Morgan fingerprint density at radius 2 is 2.04 bits per heavy atom. The van der Waals surface area contributed by atoms with Gasteiger partial charge in [-0.15, -0.1) is 0 Å². The third-order valence-corrected chi connectivity index (χ3v) is 4.26. The molecule has 2 aromatic heterocycles. The number of pyridine rings is 1. The largest absolute Gasteiger partial charge is 0.506 e. The van der Waals surface area contributed by atoms with Gasteiger partial charge in [0.1, 0.15) is 11.6 Å². The van der Waals surface area contributed by atoms with Gasteiger partial charge in [-0.2, -0.15) is 0 Å². The van der Waals surface area contributed by atoms with Gasteiger partial charge < -0.3 is 15.4 Å². The van der Waals surface area contributed by atoms with Gasteiger partial charge in [0, 0.05) is 28.2 Å². The highest BCUT2D eigenvalue weighted by Gasteiger charge is 2.29. The lowest BCUT2D eigenvalue weighted by Gasteiger charge is -2.08. The van der Waals surface area contributed by atoms with E-state index in [1.54, 1.807) is 13.8 Å². The molecule has 0 unspecified atom stereocenters. The number of benzene rings is 1. The van der Waals surface area contributed by atoms with Crippen molar-refractivity contribution < 1.29 is 9.90 Å². The molecule has 0 radical (unpaired) electrons. The predicted molar refractivity (Wildman–Crippen MR) is 90.2 cm³/mol.